The maximum Gasteiger partial charge on any atom is 0.319 e. The molecule has 2 aromatic rings. The number of nitrogens with zero attached hydrogens (tertiary/aromatic N) is 1. The van der Waals surface area contributed by atoms with Crippen LogP contribution in [0.2, 0.25) is 0 Å². The van der Waals surface area contributed by atoms with Crippen LogP contribution in [-0.2, 0) is 6.54 Å². The van der Waals surface area contributed by atoms with Crippen molar-refractivity contribution in [1.82, 2.24) is 5.32 Å². The van der Waals surface area contributed by atoms with Gasteiger partial charge in [0.2, 0.25) is 0 Å². The summed E-state index contributed by atoms with van der Waals surface area (Å²) >= 11 is 0. The first-order valence-corrected chi connectivity index (χ1v) is 9.13. The first-order chi connectivity index (χ1) is 13.0. The van der Waals surface area contributed by atoms with Crippen LogP contribution >= 0.6 is 0 Å². The van der Waals surface area contributed by atoms with Gasteiger partial charge < -0.3 is 37.4 Å². The fourth-order valence-corrected chi connectivity index (χ4v) is 2.91. The van der Waals surface area contributed by atoms with Crippen LogP contribution in [0.25, 0.3) is 0 Å². The Morgan fingerprint density at radius 2 is 1.68 bits per heavy atom. The molecular weight excluding hydrogens is 378 g/mol. The van der Waals surface area contributed by atoms with E-state index in [1.165, 1.54) is 0 Å². The summed E-state index contributed by atoms with van der Waals surface area (Å²) in [5.41, 5.74) is 3.92. The number of amides is 2. The number of methoxy groups -OCH3 is 2. The maximum atomic E-state index is 12.3. The van der Waals surface area contributed by atoms with Gasteiger partial charge in [0, 0.05) is 31.0 Å². The summed E-state index contributed by atoms with van der Waals surface area (Å²) in [6.45, 7) is 8.56. The lowest BCUT2D eigenvalue weighted by molar-refractivity contribution is -0.00000928. The molecule has 2 rings (SSSR count). The SMILES string of the molecule is CCN(CC)c1ccc(NC(=O)NCc2ccc(OC)c(OC)c2)c(C)c1.[Cl-]. The van der Waals surface area contributed by atoms with E-state index in [1.807, 2.05) is 37.3 Å². The van der Waals surface area contributed by atoms with Crippen LogP contribution in [0.3, 0.4) is 0 Å². The zero-order chi connectivity index (χ0) is 19.8. The van der Waals surface area contributed by atoms with Gasteiger partial charge in [-0.25, -0.2) is 4.79 Å². The van der Waals surface area contributed by atoms with Gasteiger partial charge in [0.15, 0.2) is 11.5 Å². The third kappa shape index (κ3) is 5.96. The molecule has 2 amide bonds. The van der Waals surface area contributed by atoms with Gasteiger partial charge >= 0.3 is 6.03 Å². The number of halogens is 1. The number of urea groups is 1. The molecule has 154 valence electrons. The van der Waals surface area contributed by atoms with Crippen LogP contribution in [0.1, 0.15) is 25.0 Å². The van der Waals surface area contributed by atoms with Gasteiger partial charge in [-0.15, -0.1) is 0 Å². The van der Waals surface area contributed by atoms with Gasteiger partial charge in [-0.2, -0.15) is 0 Å². The molecule has 0 aliphatic rings. The van der Waals surface area contributed by atoms with Crippen molar-refractivity contribution in [3.05, 3.63) is 47.5 Å². The Balaban J connectivity index is 0.00000392. The van der Waals surface area contributed by atoms with Gasteiger partial charge in [0.1, 0.15) is 0 Å². The van der Waals surface area contributed by atoms with Crippen molar-refractivity contribution in [2.24, 2.45) is 0 Å². The molecule has 0 saturated heterocycles. The average molecular weight is 407 g/mol. The number of carbonyl (C=O) groups is 1. The predicted octanol–water partition coefficient (Wildman–Crippen LogP) is 1.18. The molecule has 0 fully saturated rings. The van der Waals surface area contributed by atoms with E-state index < -0.39 is 0 Å². The van der Waals surface area contributed by atoms with Crippen LogP contribution in [0, 0.1) is 6.92 Å². The van der Waals surface area contributed by atoms with Crippen LogP contribution < -0.4 is 37.4 Å². The molecule has 0 aliphatic carbocycles. The molecule has 0 radical (unpaired) electrons. The first-order valence-electron chi connectivity index (χ1n) is 9.13. The van der Waals surface area contributed by atoms with Crippen molar-refractivity contribution in [1.29, 1.82) is 0 Å². The molecule has 0 heterocycles. The quantitative estimate of drug-likeness (QED) is 0.691. The Kier molecular flexibility index (Phi) is 9.45. The van der Waals surface area contributed by atoms with Crippen LogP contribution in [0.5, 0.6) is 11.5 Å². The Hall–Kier alpha value is -2.60. The summed E-state index contributed by atoms with van der Waals surface area (Å²) in [6, 6.07) is 11.4. The second kappa shape index (κ2) is 11.3. The standard InChI is InChI=1S/C21H29N3O3.ClH/c1-6-24(7-2)17-9-10-18(15(3)12-17)23-21(25)22-14-16-8-11-19(26-4)20(13-16)27-5;/h8-13H,6-7,14H2,1-5H3,(H2,22,23,25);1H/p-1. The molecule has 7 heteroatoms. The zero-order valence-corrected chi connectivity index (χ0v) is 17.9. The molecule has 0 aromatic heterocycles. The molecule has 0 saturated carbocycles. The number of aryl methyl sites for hydroxylation is 1. The van der Waals surface area contributed by atoms with E-state index in [4.69, 9.17) is 9.47 Å². The van der Waals surface area contributed by atoms with E-state index in [0.29, 0.717) is 18.0 Å². The lowest BCUT2D eigenvalue weighted by atomic mass is 10.1. The maximum absolute atomic E-state index is 12.3. The minimum atomic E-state index is -0.247. The molecule has 6 nitrogen and oxygen atoms in total. The lowest BCUT2D eigenvalue weighted by Gasteiger charge is -2.22. The number of hydrogen-bond acceptors (Lipinski definition) is 4. The van der Waals surface area contributed by atoms with Crippen molar-refractivity contribution >= 4 is 17.4 Å². The van der Waals surface area contributed by atoms with Gasteiger partial charge in [-0.1, -0.05) is 6.07 Å². The summed E-state index contributed by atoms with van der Waals surface area (Å²) in [6.07, 6.45) is 0. The highest BCUT2D eigenvalue weighted by Gasteiger charge is 2.09. The van der Waals surface area contributed by atoms with E-state index in [9.17, 15) is 4.79 Å². The fourth-order valence-electron chi connectivity index (χ4n) is 2.91. The smallest absolute Gasteiger partial charge is 0.319 e. The summed E-state index contributed by atoms with van der Waals surface area (Å²) in [5.74, 6) is 1.30. The van der Waals surface area contributed by atoms with Gasteiger partial charge in [0.05, 0.1) is 14.2 Å². The van der Waals surface area contributed by atoms with E-state index in [-0.39, 0.29) is 18.4 Å². The number of rotatable bonds is 8. The highest BCUT2D eigenvalue weighted by molar-refractivity contribution is 5.90. The molecule has 0 atom stereocenters. The second-order valence-electron chi connectivity index (χ2n) is 6.17. The third-order valence-electron chi connectivity index (χ3n) is 4.49. The Morgan fingerprint density at radius 1 is 1.00 bits per heavy atom. The van der Waals surface area contributed by atoms with Crippen LogP contribution in [0.4, 0.5) is 16.2 Å². The minimum absolute atomic E-state index is 0. The minimum Gasteiger partial charge on any atom is -1.00 e. The number of ether oxygens (including phenoxy) is 2. The predicted molar refractivity (Wildman–Crippen MR) is 110 cm³/mol. The lowest BCUT2D eigenvalue weighted by Crippen LogP contribution is -3.00. The number of anilines is 2. The summed E-state index contributed by atoms with van der Waals surface area (Å²) in [5, 5.41) is 5.78. The van der Waals surface area contributed by atoms with Crippen molar-refractivity contribution in [2.45, 2.75) is 27.3 Å². The third-order valence-corrected chi connectivity index (χ3v) is 4.49. The fraction of sp³-hybridized carbons (Fsp3) is 0.381. The summed E-state index contributed by atoms with van der Waals surface area (Å²) in [7, 11) is 3.18. The molecule has 0 bridgehead atoms. The van der Waals surface area contributed by atoms with Gasteiger partial charge in [0.25, 0.3) is 0 Å². The van der Waals surface area contributed by atoms with Gasteiger partial charge in [-0.05, 0) is 62.2 Å². The highest BCUT2D eigenvalue weighted by atomic mass is 35.5. The van der Waals surface area contributed by atoms with E-state index >= 15 is 0 Å². The molecule has 0 unspecified atom stereocenters. The number of nitrogens with one attached hydrogen (secondary N) is 2. The number of carbonyl (C=O) groups excluding carboxylic acids is 1. The highest BCUT2D eigenvalue weighted by Crippen LogP contribution is 2.27. The van der Waals surface area contributed by atoms with Gasteiger partial charge in [-0.3, -0.25) is 0 Å². The van der Waals surface area contributed by atoms with E-state index in [1.54, 1.807) is 14.2 Å². The van der Waals surface area contributed by atoms with E-state index in [0.717, 1.165) is 35.6 Å². The molecule has 2 N–H and O–H groups in total. The van der Waals surface area contributed by atoms with Crippen molar-refractivity contribution in [2.75, 3.05) is 37.5 Å². The van der Waals surface area contributed by atoms with Crippen molar-refractivity contribution < 1.29 is 26.7 Å². The van der Waals surface area contributed by atoms with E-state index in [2.05, 4.69) is 35.4 Å². The van der Waals surface area contributed by atoms with Crippen LogP contribution in [0.15, 0.2) is 36.4 Å². The topological polar surface area (TPSA) is 62.8 Å². The average Bonchev–Trinajstić information content (AvgIpc) is 2.69. The Morgan fingerprint density at radius 3 is 2.25 bits per heavy atom. The number of hydrogen-bond donors (Lipinski definition) is 2. The zero-order valence-electron chi connectivity index (χ0n) is 17.1. The largest absolute Gasteiger partial charge is 1.00 e. The Labute approximate surface area is 173 Å². The Bertz CT molecular complexity index is 779. The normalized spacial score (nSPS) is 9.89. The molecule has 28 heavy (non-hydrogen) atoms. The first kappa shape index (κ1) is 23.4. The summed E-state index contributed by atoms with van der Waals surface area (Å²) in [4.78, 5) is 14.5. The van der Waals surface area contributed by atoms with Crippen molar-refractivity contribution in [3.8, 4) is 11.5 Å². The second-order valence-corrected chi connectivity index (χ2v) is 6.17. The monoisotopic (exact) mass is 406 g/mol. The molecule has 0 spiro atoms. The number of benzene rings is 2. The molecular formula is C21H29ClN3O3-. The molecule has 0 aliphatic heterocycles. The summed E-state index contributed by atoms with van der Waals surface area (Å²) < 4.78 is 10.5. The van der Waals surface area contributed by atoms with Crippen LogP contribution in [-0.4, -0.2) is 33.3 Å². The molecule has 2 aromatic carbocycles. The van der Waals surface area contributed by atoms with Crippen molar-refractivity contribution in [3.63, 3.8) is 0 Å².